The molecule has 1 amide bonds. The Morgan fingerprint density at radius 1 is 1.56 bits per heavy atom. The van der Waals surface area contributed by atoms with Crippen LogP contribution in [0.5, 0.6) is 0 Å². The summed E-state index contributed by atoms with van der Waals surface area (Å²) in [6.45, 7) is 1.89. The number of hydrogen-bond donors (Lipinski definition) is 4. The predicted molar refractivity (Wildman–Crippen MR) is 62.3 cm³/mol. The van der Waals surface area contributed by atoms with Gasteiger partial charge in [0.1, 0.15) is 0 Å². The predicted octanol–water partition coefficient (Wildman–Crippen LogP) is -0.320. The highest BCUT2D eigenvalue weighted by Crippen LogP contribution is 2.15. The van der Waals surface area contributed by atoms with Gasteiger partial charge in [0.05, 0.1) is 24.3 Å². The summed E-state index contributed by atoms with van der Waals surface area (Å²) in [5.41, 5.74) is 4.90. The number of thiophene rings is 1. The molecule has 0 atom stereocenters. The smallest absolute Gasteiger partial charge is 0.249 e. The molecule has 0 radical (unpaired) electrons. The molecule has 1 heterocycles. The maximum Gasteiger partial charge on any atom is 0.249 e. The van der Waals surface area contributed by atoms with E-state index in [1.807, 2.05) is 0 Å². The Hall–Kier alpha value is -0.950. The highest BCUT2D eigenvalue weighted by molar-refractivity contribution is 7.10. The van der Waals surface area contributed by atoms with Crippen LogP contribution < -0.4 is 11.1 Å². The molecule has 0 saturated heterocycles. The Balaban J connectivity index is 2.57. The van der Waals surface area contributed by atoms with E-state index >= 15 is 0 Å². The lowest BCUT2D eigenvalue weighted by molar-refractivity contribution is 0.0999. The highest BCUT2D eigenvalue weighted by atomic mass is 32.1. The average Bonchev–Trinajstić information content (AvgIpc) is 2.75. The number of aliphatic hydroxyl groups excluding tert-OH is 2. The van der Waals surface area contributed by atoms with Gasteiger partial charge in [-0.2, -0.15) is 0 Å². The van der Waals surface area contributed by atoms with Crippen molar-refractivity contribution in [1.82, 2.24) is 5.32 Å². The first-order valence-electron chi connectivity index (χ1n) is 4.85. The normalized spacial score (nSPS) is 11.7. The molecule has 0 saturated carbocycles. The minimum atomic E-state index is -0.711. The Labute approximate surface area is 97.9 Å². The third-order valence-electron chi connectivity index (χ3n) is 2.33. The van der Waals surface area contributed by atoms with Crippen LogP contribution in [0.25, 0.3) is 0 Å². The monoisotopic (exact) mass is 244 g/mol. The summed E-state index contributed by atoms with van der Waals surface area (Å²) in [6, 6.07) is 1.70. The molecule has 0 bridgehead atoms. The molecule has 0 spiro atoms. The van der Waals surface area contributed by atoms with Crippen LogP contribution in [0.4, 0.5) is 0 Å². The van der Waals surface area contributed by atoms with E-state index in [4.69, 9.17) is 15.9 Å². The first kappa shape index (κ1) is 13.1. The van der Waals surface area contributed by atoms with Crippen molar-refractivity contribution < 1.29 is 15.0 Å². The van der Waals surface area contributed by atoms with Crippen molar-refractivity contribution in [1.29, 1.82) is 0 Å². The fourth-order valence-electron chi connectivity index (χ4n) is 1.06. The molecule has 0 unspecified atom stereocenters. The van der Waals surface area contributed by atoms with Crippen LogP contribution in [0.1, 0.15) is 22.2 Å². The maximum absolute atomic E-state index is 10.9. The number of carbonyl (C=O) groups is 1. The van der Waals surface area contributed by atoms with Crippen molar-refractivity contribution in [2.24, 2.45) is 5.73 Å². The fraction of sp³-hybridized carbons (Fsp3) is 0.500. The number of rotatable bonds is 6. The van der Waals surface area contributed by atoms with Gasteiger partial charge in [-0.15, -0.1) is 11.3 Å². The number of nitrogens with one attached hydrogen (secondary N) is 1. The standard InChI is InChI=1S/C10H16N2O3S/c1-10(5-13,6-14)12-3-8-2-7(4-16-8)9(11)15/h2,4,12-14H,3,5-6H2,1H3,(H2,11,15). The van der Waals surface area contributed by atoms with E-state index in [-0.39, 0.29) is 13.2 Å². The Morgan fingerprint density at radius 3 is 2.62 bits per heavy atom. The lowest BCUT2D eigenvalue weighted by Crippen LogP contribution is -2.48. The number of primary amides is 1. The van der Waals surface area contributed by atoms with Crippen LogP contribution in [-0.4, -0.2) is 34.9 Å². The zero-order chi connectivity index (χ0) is 12.2. The molecule has 0 fully saturated rings. The summed E-state index contributed by atoms with van der Waals surface area (Å²) in [5.74, 6) is -0.449. The van der Waals surface area contributed by atoms with E-state index in [9.17, 15) is 4.79 Å². The van der Waals surface area contributed by atoms with Crippen LogP contribution in [-0.2, 0) is 6.54 Å². The van der Waals surface area contributed by atoms with Crippen LogP contribution in [0.2, 0.25) is 0 Å². The molecule has 0 aliphatic rings. The van der Waals surface area contributed by atoms with Crippen LogP contribution in [0.3, 0.4) is 0 Å². The molecule has 0 aliphatic heterocycles. The molecular formula is C10H16N2O3S. The van der Waals surface area contributed by atoms with Gasteiger partial charge in [-0.25, -0.2) is 0 Å². The van der Waals surface area contributed by atoms with Gasteiger partial charge >= 0.3 is 0 Å². The Morgan fingerprint density at radius 2 is 2.19 bits per heavy atom. The van der Waals surface area contributed by atoms with Gasteiger partial charge in [-0.1, -0.05) is 0 Å². The second-order valence-corrected chi connectivity index (χ2v) is 4.89. The molecule has 1 aromatic heterocycles. The van der Waals surface area contributed by atoms with E-state index in [2.05, 4.69) is 5.32 Å². The van der Waals surface area contributed by atoms with E-state index in [1.165, 1.54) is 11.3 Å². The average molecular weight is 244 g/mol. The van der Waals surface area contributed by atoms with E-state index < -0.39 is 11.4 Å². The molecule has 5 nitrogen and oxygen atoms in total. The quantitative estimate of drug-likeness (QED) is 0.551. The number of aliphatic hydroxyl groups is 2. The minimum Gasteiger partial charge on any atom is -0.394 e. The second-order valence-electron chi connectivity index (χ2n) is 3.90. The van der Waals surface area contributed by atoms with E-state index in [1.54, 1.807) is 18.4 Å². The molecule has 1 aromatic rings. The van der Waals surface area contributed by atoms with Crippen LogP contribution in [0.15, 0.2) is 11.4 Å². The molecule has 90 valence electrons. The van der Waals surface area contributed by atoms with Crippen molar-refractivity contribution in [3.05, 3.63) is 21.9 Å². The lowest BCUT2D eigenvalue weighted by Gasteiger charge is -2.25. The zero-order valence-corrected chi connectivity index (χ0v) is 9.88. The molecule has 6 heteroatoms. The Bertz CT molecular complexity index is 361. The number of hydrogen-bond acceptors (Lipinski definition) is 5. The SMILES string of the molecule is CC(CO)(CO)NCc1cc(C(N)=O)cs1. The minimum absolute atomic E-state index is 0.155. The van der Waals surface area contributed by atoms with Crippen LogP contribution in [0, 0.1) is 0 Å². The molecule has 1 rings (SSSR count). The van der Waals surface area contributed by atoms with Crippen molar-refractivity contribution in [3.8, 4) is 0 Å². The van der Waals surface area contributed by atoms with Gasteiger partial charge in [-0.05, 0) is 13.0 Å². The third-order valence-corrected chi connectivity index (χ3v) is 3.26. The first-order chi connectivity index (χ1) is 7.50. The Kier molecular flexibility index (Phi) is 4.43. The van der Waals surface area contributed by atoms with Gasteiger partial charge in [-0.3, -0.25) is 4.79 Å². The van der Waals surface area contributed by atoms with Gasteiger partial charge < -0.3 is 21.3 Å². The second kappa shape index (κ2) is 5.40. The van der Waals surface area contributed by atoms with Gasteiger partial charge in [0.15, 0.2) is 0 Å². The van der Waals surface area contributed by atoms with Gasteiger partial charge in [0, 0.05) is 16.8 Å². The third kappa shape index (κ3) is 3.28. The number of amides is 1. The maximum atomic E-state index is 10.9. The first-order valence-corrected chi connectivity index (χ1v) is 5.72. The summed E-state index contributed by atoms with van der Waals surface area (Å²) in [4.78, 5) is 11.8. The summed E-state index contributed by atoms with van der Waals surface area (Å²) < 4.78 is 0. The lowest BCUT2D eigenvalue weighted by atomic mass is 10.1. The largest absolute Gasteiger partial charge is 0.394 e. The zero-order valence-electron chi connectivity index (χ0n) is 9.06. The fourth-order valence-corrected chi connectivity index (χ4v) is 1.88. The molecular weight excluding hydrogens is 228 g/mol. The summed E-state index contributed by atoms with van der Waals surface area (Å²) in [6.07, 6.45) is 0. The summed E-state index contributed by atoms with van der Waals surface area (Å²) in [5, 5.41) is 22.8. The van der Waals surface area contributed by atoms with Crippen molar-refractivity contribution in [3.63, 3.8) is 0 Å². The van der Waals surface area contributed by atoms with Gasteiger partial charge in [0.2, 0.25) is 5.91 Å². The number of nitrogens with two attached hydrogens (primary N) is 1. The van der Waals surface area contributed by atoms with E-state index in [0.29, 0.717) is 12.1 Å². The molecule has 0 aromatic carbocycles. The van der Waals surface area contributed by atoms with Gasteiger partial charge in [0.25, 0.3) is 0 Å². The molecule has 5 N–H and O–H groups in total. The van der Waals surface area contributed by atoms with Crippen molar-refractivity contribution in [2.45, 2.75) is 19.0 Å². The summed E-state index contributed by atoms with van der Waals surface area (Å²) in [7, 11) is 0. The number of carbonyl (C=O) groups excluding carboxylic acids is 1. The van der Waals surface area contributed by atoms with E-state index in [0.717, 1.165) is 4.88 Å². The molecule has 16 heavy (non-hydrogen) atoms. The molecule has 0 aliphatic carbocycles. The highest BCUT2D eigenvalue weighted by Gasteiger charge is 2.21. The van der Waals surface area contributed by atoms with Crippen molar-refractivity contribution in [2.75, 3.05) is 13.2 Å². The topological polar surface area (TPSA) is 95.6 Å². The van der Waals surface area contributed by atoms with Crippen molar-refractivity contribution >= 4 is 17.2 Å². The summed E-state index contributed by atoms with van der Waals surface area (Å²) >= 11 is 1.41. The van der Waals surface area contributed by atoms with Crippen LogP contribution >= 0.6 is 11.3 Å².